The van der Waals surface area contributed by atoms with Gasteiger partial charge in [-0.2, -0.15) is 0 Å². The summed E-state index contributed by atoms with van der Waals surface area (Å²) in [6, 6.07) is 4.60. The molecule has 0 bridgehead atoms. The lowest BCUT2D eigenvalue weighted by molar-refractivity contribution is 0.226. The molecule has 4 heteroatoms. The van der Waals surface area contributed by atoms with E-state index in [-0.39, 0.29) is 5.56 Å². The maximum absolute atomic E-state index is 13.8. The average molecular weight is 280 g/mol. The van der Waals surface area contributed by atoms with E-state index in [4.69, 9.17) is 0 Å². The number of nitrogens with zero attached hydrogens (tertiary/aromatic N) is 1. The van der Waals surface area contributed by atoms with E-state index in [1.807, 2.05) is 0 Å². The molecule has 110 valence electrons. The third-order valence-electron chi connectivity index (χ3n) is 4.30. The predicted octanol–water partition coefficient (Wildman–Crippen LogP) is 2.93. The van der Waals surface area contributed by atoms with Crippen LogP contribution < -0.4 is 5.32 Å². The highest BCUT2D eigenvalue weighted by atomic mass is 19.1. The van der Waals surface area contributed by atoms with E-state index in [0.29, 0.717) is 12.6 Å². The molecule has 2 nitrogen and oxygen atoms in total. The second-order valence-electron chi connectivity index (χ2n) is 6.13. The number of halogens is 2. The number of hydrogen-bond donors (Lipinski definition) is 1. The molecule has 1 aliphatic carbocycles. The van der Waals surface area contributed by atoms with Crippen molar-refractivity contribution in [2.75, 3.05) is 19.6 Å². The second-order valence-corrected chi connectivity index (χ2v) is 6.13. The Labute approximate surface area is 119 Å². The van der Waals surface area contributed by atoms with Crippen LogP contribution in [0.5, 0.6) is 0 Å². The molecule has 0 spiro atoms. The molecule has 3 rings (SSSR count). The van der Waals surface area contributed by atoms with E-state index in [9.17, 15) is 8.78 Å². The van der Waals surface area contributed by atoms with Gasteiger partial charge in [0.2, 0.25) is 0 Å². The fraction of sp³-hybridized carbons (Fsp3) is 0.625. The Morgan fingerprint density at radius 3 is 2.45 bits per heavy atom. The number of nitrogens with one attached hydrogen (secondary N) is 1. The largest absolute Gasteiger partial charge is 0.313 e. The van der Waals surface area contributed by atoms with E-state index in [1.54, 1.807) is 0 Å². The molecule has 2 fully saturated rings. The van der Waals surface area contributed by atoms with Crippen molar-refractivity contribution in [3.63, 3.8) is 0 Å². The first-order valence-corrected chi connectivity index (χ1v) is 7.61. The van der Waals surface area contributed by atoms with Crippen molar-refractivity contribution in [3.8, 4) is 0 Å². The maximum Gasteiger partial charge on any atom is 0.130 e. The van der Waals surface area contributed by atoms with Crippen LogP contribution in [0.3, 0.4) is 0 Å². The molecule has 1 N–H and O–H groups in total. The molecule has 1 unspecified atom stereocenters. The van der Waals surface area contributed by atoms with Crippen LogP contribution in [0, 0.1) is 17.6 Å². The quantitative estimate of drug-likeness (QED) is 0.862. The lowest BCUT2D eigenvalue weighted by Crippen LogP contribution is -2.38. The van der Waals surface area contributed by atoms with Crippen molar-refractivity contribution in [3.05, 3.63) is 35.4 Å². The second kappa shape index (κ2) is 6.19. The molecule has 1 aromatic rings. The molecule has 1 atom stereocenters. The molecule has 0 aromatic heterocycles. The van der Waals surface area contributed by atoms with Crippen molar-refractivity contribution in [1.82, 2.24) is 10.2 Å². The topological polar surface area (TPSA) is 15.3 Å². The van der Waals surface area contributed by atoms with Crippen LogP contribution in [0.2, 0.25) is 0 Å². The van der Waals surface area contributed by atoms with Gasteiger partial charge < -0.3 is 5.32 Å². The minimum atomic E-state index is -0.426. The van der Waals surface area contributed by atoms with Gasteiger partial charge in [-0.25, -0.2) is 8.78 Å². The van der Waals surface area contributed by atoms with Crippen LogP contribution in [0.1, 0.15) is 31.2 Å². The summed E-state index contributed by atoms with van der Waals surface area (Å²) in [5.74, 6) is -0.124. The zero-order chi connectivity index (χ0) is 13.9. The highest BCUT2D eigenvalue weighted by Crippen LogP contribution is 2.30. The minimum Gasteiger partial charge on any atom is -0.313 e. The zero-order valence-corrected chi connectivity index (χ0v) is 11.7. The van der Waals surface area contributed by atoms with Crippen LogP contribution in [0.4, 0.5) is 8.78 Å². The van der Waals surface area contributed by atoms with E-state index in [1.165, 1.54) is 43.9 Å². The molecule has 1 aromatic carbocycles. The highest BCUT2D eigenvalue weighted by Gasteiger charge is 2.27. The van der Waals surface area contributed by atoms with Crippen LogP contribution in [-0.2, 0) is 6.54 Å². The Bertz CT molecular complexity index is 434. The van der Waals surface area contributed by atoms with Crippen LogP contribution in [-0.4, -0.2) is 30.6 Å². The first-order valence-electron chi connectivity index (χ1n) is 7.61. The summed E-state index contributed by atoms with van der Waals surface area (Å²) in [5, 5.41) is 3.47. The summed E-state index contributed by atoms with van der Waals surface area (Å²) in [4.78, 5) is 2.22. The van der Waals surface area contributed by atoms with Crippen molar-refractivity contribution in [2.24, 2.45) is 5.92 Å². The minimum absolute atomic E-state index is 0.214. The molecular weight excluding hydrogens is 258 g/mol. The summed E-state index contributed by atoms with van der Waals surface area (Å²) in [6.45, 7) is 3.30. The van der Waals surface area contributed by atoms with Gasteiger partial charge in [0.1, 0.15) is 11.6 Å². The van der Waals surface area contributed by atoms with Gasteiger partial charge in [0.05, 0.1) is 0 Å². The van der Waals surface area contributed by atoms with Crippen LogP contribution >= 0.6 is 0 Å². The van der Waals surface area contributed by atoms with Gasteiger partial charge in [0.15, 0.2) is 0 Å². The van der Waals surface area contributed by atoms with Crippen LogP contribution in [0.15, 0.2) is 18.2 Å². The monoisotopic (exact) mass is 280 g/mol. The normalized spacial score (nSPS) is 22.6. The van der Waals surface area contributed by atoms with Crippen molar-refractivity contribution >= 4 is 0 Å². The highest BCUT2D eigenvalue weighted by molar-refractivity contribution is 5.19. The SMILES string of the molecule is Fc1cccc(F)c1CN(CC1CC1)CC1CCCN1. The molecule has 0 amide bonds. The van der Waals surface area contributed by atoms with Gasteiger partial charge in [-0.1, -0.05) is 6.07 Å². The van der Waals surface area contributed by atoms with E-state index in [0.717, 1.165) is 25.6 Å². The van der Waals surface area contributed by atoms with E-state index in [2.05, 4.69) is 10.2 Å². The molecule has 1 saturated heterocycles. The summed E-state index contributed by atoms with van der Waals surface area (Å²) in [5.41, 5.74) is 0.214. The van der Waals surface area contributed by atoms with E-state index >= 15 is 0 Å². The number of benzene rings is 1. The molecular formula is C16H22F2N2. The van der Waals surface area contributed by atoms with Gasteiger partial charge in [0, 0.05) is 31.2 Å². The Kier molecular flexibility index (Phi) is 4.32. The fourth-order valence-electron chi connectivity index (χ4n) is 3.00. The van der Waals surface area contributed by atoms with Gasteiger partial charge in [-0.05, 0) is 50.3 Å². The van der Waals surface area contributed by atoms with Crippen molar-refractivity contribution in [2.45, 2.75) is 38.3 Å². The molecule has 1 saturated carbocycles. The molecule has 2 aliphatic rings. The lowest BCUT2D eigenvalue weighted by Gasteiger charge is -2.26. The summed E-state index contributed by atoms with van der Waals surface area (Å²) >= 11 is 0. The Balaban J connectivity index is 1.67. The molecule has 1 heterocycles. The summed E-state index contributed by atoms with van der Waals surface area (Å²) < 4.78 is 27.6. The molecule has 0 radical (unpaired) electrons. The Morgan fingerprint density at radius 1 is 1.10 bits per heavy atom. The predicted molar refractivity (Wildman–Crippen MR) is 75.4 cm³/mol. The lowest BCUT2D eigenvalue weighted by atomic mass is 10.1. The van der Waals surface area contributed by atoms with Gasteiger partial charge in [-0.3, -0.25) is 4.90 Å². The Morgan fingerprint density at radius 2 is 1.85 bits per heavy atom. The smallest absolute Gasteiger partial charge is 0.130 e. The molecule has 1 aliphatic heterocycles. The van der Waals surface area contributed by atoms with Gasteiger partial charge in [-0.15, -0.1) is 0 Å². The summed E-state index contributed by atoms with van der Waals surface area (Å²) in [7, 11) is 0. The maximum atomic E-state index is 13.8. The van der Waals surface area contributed by atoms with Crippen molar-refractivity contribution < 1.29 is 8.78 Å². The van der Waals surface area contributed by atoms with E-state index < -0.39 is 11.6 Å². The third kappa shape index (κ3) is 3.55. The standard InChI is InChI=1S/C16H22F2N2/c17-15-4-1-5-16(18)14(15)11-20(9-12-6-7-12)10-13-3-2-8-19-13/h1,4-5,12-13,19H,2-3,6-11H2. The average Bonchev–Trinajstić information content (AvgIpc) is 3.08. The molecule has 20 heavy (non-hydrogen) atoms. The Hall–Kier alpha value is -1.00. The first kappa shape index (κ1) is 14.0. The zero-order valence-electron chi connectivity index (χ0n) is 11.7. The summed E-state index contributed by atoms with van der Waals surface area (Å²) in [6.07, 6.45) is 4.89. The van der Waals surface area contributed by atoms with Crippen molar-refractivity contribution in [1.29, 1.82) is 0 Å². The number of hydrogen-bond acceptors (Lipinski definition) is 2. The first-order chi connectivity index (χ1) is 9.72. The van der Waals surface area contributed by atoms with Gasteiger partial charge in [0.25, 0.3) is 0 Å². The number of rotatable bonds is 6. The van der Waals surface area contributed by atoms with Crippen LogP contribution in [0.25, 0.3) is 0 Å². The van der Waals surface area contributed by atoms with Gasteiger partial charge >= 0.3 is 0 Å². The third-order valence-corrected chi connectivity index (χ3v) is 4.30. The fourth-order valence-corrected chi connectivity index (χ4v) is 3.00.